The van der Waals surface area contributed by atoms with Crippen molar-refractivity contribution in [3.05, 3.63) is 36.2 Å². The predicted molar refractivity (Wildman–Crippen MR) is 92.1 cm³/mol. The summed E-state index contributed by atoms with van der Waals surface area (Å²) >= 11 is 0. The van der Waals surface area contributed by atoms with Crippen LogP contribution in [0.25, 0.3) is 11.1 Å². The number of hydrogen-bond acceptors (Lipinski definition) is 4. The zero-order valence-corrected chi connectivity index (χ0v) is 14.1. The standard InChI is InChI=1S/C19H20N2O4/c1-9(2)18-21-13-8-12(5-6-14(13)25-18)20-17(22)15-10-3-4-11(7-10)16(15)19(23)24/h3-6,8-11,15-16H,7H2,1-2H3,(H,20,22)(H,23,24)/t10-,11-,15+,16+/m0/s1. The van der Waals surface area contributed by atoms with Crippen molar-refractivity contribution in [2.45, 2.75) is 26.2 Å². The molecule has 2 bridgehead atoms. The second kappa shape index (κ2) is 5.72. The molecule has 0 aliphatic heterocycles. The maximum absolute atomic E-state index is 12.7. The molecule has 1 fully saturated rings. The molecule has 4 atom stereocenters. The second-order valence-electron chi connectivity index (χ2n) is 7.22. The second-order valence-corrected chi connectivity index (χ2v) is 7.22. The number of nitrogens with one attached hydrogen (secondary N) is 1. The first-order valence-electron chi connectivity index (χ1n) is 8.56. The molecule has 6 heteroatoms. The van der Waals surface area contributed by atoms with Gasteiger partial charge in [0, 0.05) is 11.6 Å². The molecule has 4 rings (SSSR count). The van der Waals surface area contributed by atoms with Gasteiger partial charge in [-0.05, 0) is 36.5 Å². The van der Waals surface area contributed by atoms with Gasteiger partial charge in [0.1, 0.15) is 5.52 Å². The first kappa shape index (κ1) is 15.9. The molecule has 0 radical (unpaired) electrons. The van der Waals surface area contributed by atoms with Crippen LogP contribution in [-0.4, -0.2) is 22.0 Å². The van der Waals surface area contributed by atoms with Gasteiger partial charge in [0.25, 0.3) is 0 Å². The van der Waals surface area contributed by atoms with Gasteiger partial charge in [0.2, 0.25) is 5.91 Å². The summed E-state index contributed by atoms with van der Waals surface area (Å²) in [5.74, 6) is -1.49. The van der Waals surface area contributed by atoms with Crippen molar-refractivity contribution in [3.63, 3.8) is 0 Å². The molecular weight excluding hydrogens is 320 g/mol. The molecule has 0 unspecified atom stereocenters. The summed E-state index contributed by atoms with van der Waals surface area (Å²) in [6.07, 6.45) is 4.65. The molecule has 0 spiro atoms. The number of oxazole rings is 1. The SMILES string of the molecule is CC(C)c1nc2cc(NC(=O)[C@H]3[C@H](C(=O)O)[C@H]4C=C[C@H]3C4)ccc2o1. The Morgan fingerprint density at radius 3 is 2.64 bits per heavy atom. The molecular formula is C19H20N2O4. The highest BCUT2D eigenvalue weighted by molar-refractivity contribution is 5.97. The van der Waals surface area contributed by atoms with E-state index in [0.29, 0.717) is 22.7 Å². The summed E-state index contributed by atoms with van der Waals surface area (Å²) in [6.45, 7) is 4.00. The van der Waals surface area contributed by atoms with Crippen molar-refractivity contribution in [2.75, 3.05) is 5.32 Å². The smallest absolute Gasteiger partial charge is 0.307 e. The molecule has 2 aromatic rings. The fourth-order valence-corrected chi connectivity index (χ4v) is 4.01. The van der Waals surface area contributed by atoms with Crippen molar-refractivity contribution in [3.8, 4) is 0 Å². The van der Waals surface area contributed by atoms with Crippen molar-refractivity contribution in [1.29, 1.82) is 0 Å². The van der Waals surface area contributed by atoms with Gasteiger partial charge in [-0.3, -0.25) is 9.59 Å². The molecule has 6 nitrogen and oxygen atoms in total. The van der Waals surface area contributed by atoms with E-state index in [1.165, 1.54) is 0 Å². The first-order valence-corrected chi connectivity index (χ1v) is 8.56. The van der Waals surface area contributed by atoms with Gasteiger partial charge in [-0.25, -0.2) is 4.98 Å². The number of allylic oxidation sites excluding steroid dienone is 2. The number of aromatic nitrogens is 1. The highest BCUT2D eigenvalue weighted by atomic mass is 16.4. The summed E-state index contributed by atoms with van der Waals surface area (Å²) < 4.78 is 5.67. The van der Waals surface area contributed by atoms with E-state index >= 15 is 0 Å². The van der Waals surface area contributed by atoms with Gasteiger partial charge in [-0.1, -0.05) is 26.0 Å². The Hall–Kier alpha value is -2.63. The van der Waals surface area contributed by atoms with Crippen LogP contribution in [0, 0.1) is 23.7 Å². The van der Waals surface area contributed by atoms with E-state index in [1.807, 2.05) is 26.0 Å². The average molecular weight is 340 g/mol. The van der Waals surface area contributed by atoms with Crippen LogP contribution in [0.3, 0.4) is 0 Å². The molecule has 2 N–H and O–H groups in total. The Kier molecular flexibility index (Phi) is 3.63. The van der Waals surface area contributed by atoms with Crippen molar-refractivity contribution < 1.29 is 19.1 Å². The van der Waals surface area contributed by atoms with Crippen LogP contribution < -0.4 is 5.32 Å². The van der Waals surface area contributed by atoms with Gasteiger partial charge >= 0.3 is 5.97 Å². The van der Waals surface area contributed by atoms with Crippen molar-refractivity contribution in [1.82, 2.24) is 4.98 Å². The van der Waals surface area contributed by atoms with Gasteiger partial charge in [0.05, 0.1) is 11.8 Å². The molecule has 2 aliphatic rings. The van der Waals surface area contributed by atoms with Gasteiger partial charge < -0.3 is 14.8 Å². The maximum atomic E-state index is 12.7. The molecule has 1 heterocycles. The number of rotatable bonds is 4. The highest BCUT2D eigenvalue weighted by Gasteiger charge is 2.51. The molecule has 130 valence electrons. The number of fused-ring (bicyclic) bond motifs is 3. The lowest BCUT2D eigenvalue weighted by Crippen LogP contribution is -2.36. The number of nitrogens with zero attached hydrogens (tertiary/aromatic N) is 1. The third-order valence-corrected chi connectivity index (χ3v) is 5.21. The number of carbonyl (C=O) groups excluding carboxylic acids is 1. The number of amides is 1. The Bertz CT molecular complexity index is 883. The Labute approximate surface area is 144 Å². The molecule has 1 saturated carbocycles. The minimum Gasteiger partial charge on any atom is -0.481 e. The zero-order valence-electron chi connectivity index (χ0n) is 14.1. The summed E-state index contributed by atoms with van der Waals surface area (Å²) in [6, 6.07) is 5.30. The van der Waals surface area contributed by atoms with E-state index in [0.717, 1.165) is 6.42 Å². The zero-order chi connectivity index (χ0) is 17.7. The van der Waals surface area contributed by atoms with E-state index in [9.17, 15) is 14.7 Å². The number of aliphatic carboxylic acids is 1. The summed E-state index contributed by atoms with van der Waals surface area (Å²) in [5.41, 5.74) is 1.97. The monoisotopic (exact) mass is 340 g/mol. The van der Waals surface area contributed by atoms with Crippen LogP contribution in [-0.2, 0) is 9.59 Å². The number of hydrogen-bond donors (Lipinski definition) is 2. The number of benzene rings is 1. The molecule has 0 saturated heterocycles. The molecule has 1 aromatic heterocycles. The summed E-state index contributed by atoms with van der Waals surface area (Å²) in [4.78, 5) is 28.7. The number of carboxylic acid groups (broad SMARTS) is 1. The van der Waals surface area contributed by atoms with E-state index < -0.39 is 17.8 Å². The molecule has 2 aliphatic carbocycles. The lowest BCUT2D eigenvalue weighted by Gasteiger charge is -2.23. The highest BCUT2D eigenvalue weighted by Crippen LogP contribution is 2.48. The third kappa shape index (κ3) is 2.62. The summed E-state index contributed by atoms with van der Waals surface area (Å²) in [7, 11) is 0. The van der Waals surface area contributed by atoms with E-state index in [-0.39, 0.29) is 23.7 Å². The topological polar surface area (TPSA) is 92.4 Å². The van der Waals surface area contributed by atoms with Crippen LogP contribution >= 0.6 is 0 Å². The molecule has 1 amide bonds. The molecule has 25 heavy (non-hydrogen) atoms. The van der Waals surface area contributed by atoms with E-state index in [1.54, 1.807) is 18.2 Å². The minimum atomic E-state index is -0.898. The van der Waals surface area contributed by atoms with Crippen LogP contribution in [0.15, 0.2) is 34.8 Å². The Balaban J connectivity index is 1.57. The largest absolute Gasteiger partial charge is 0.481 e. The normalized spacial score (nSPS) is 27.3. The average Bonchev–Trinajstić information content (AvgIpc) is 3.27. The van der Waals surface area contributed by atoms with Crippen molar-refractivity contribution >= 4 is 28.7 Å². The van der Waals surface area contributed by atoms with Gasteiger partial charge in [-0.2, -0.15) is 0 Å². The van der Waals surface area contributed by atoms with E-state index in [4.69, 9.17) is 4.42 Å². The number of carboxylic acids is 1. The third-order valence-electron chi connectivity index (χ3n) is 5.21. The number of carbonyl (C=O) groups is 2. The maximum Gasteiger partial charge on any atom is 0.307 e. The van der Waals surface area contributed by atoms with Crippen molar-refractivity contribution in [2.24, 2.45) is 23.7 Å². The predicted octanol–water partition coefficient (Wildman–Crippen LogP) is 3.41. The van der Waals surface area contributed by atoms with Crippen LogP contribution in [0.5, 0.6) is 0 Å². The number of anilines is 1. The van der Waals surface area contributed by atoms with Crippen LogP contribution in [0.4, 0.5) is 5.69 Å². The molecule has 1 aromatic carbocycles. The van der Waals surface area contributed by atoms with Crippen LogP contribution in [0.1, 0.15) is 32.1 Å². The Morgan fingerprint density at radius 2 is 1.96 bits per heavy atom. The van der Waals surface area contributed by atoms with Crippen LogP contribution in [0.2, 0.25) is 0 Å². The van der Waals surface area contributed by atoms with E-state index in [2.05, 4.69) is 10.3 Å². The van der Waals surface area contributed by atoms with Gasteiger partial charge in [0.15, 0.2) is 11.5 Å². The fourth-order valence-electron chi connectivity index (χ4n) is 4.01. The lowest BCUT2D eigenvalue weighted by molar-refractivity contribution is -0.146. The summed E-state index contributed by atoms with van der Waals surface area (Å²) in [5, 5.41) is 12.3. The Morgan fingerprint density at radius 1 is 1.24 bits per heavy atom. The fraction of sp³-hybridized carbons (Fsp3) is 0.421. The lowest BCUT2D eigenvalue weighted by atomic mass is 9.82. The quantitative estimate of drug-likeness (QED) is 0.832. The minimum absolute atomic E-state index is 0.00873. The van der Waals surface area contributed by atoms with Gasteiger partial charge in [-0.15, -0.1) is 0 Å². The first-order chi connectivity index (χ1) is 11.9.